The lowest BCUT2D eigenvalue weighted by atomic mass is 10.0. The summed E-state index contributed by atoms with van der Waals surface area (Å²) in [6.07, 6.45) is 0. The summed E-state index contributed by atoms with van der Waals surface area (Å²) >= 11 is 5.86. The molecule has 1 heterocycles. The molecule has 0 saturated heterocycles. The van der Waals surface area contributed by atoms with Gasteiger partial charge >= 0.3 is 0 Å². The zero-order valence-electron chi connectivity index (χ0n) is 10.3. The lowest BCUT2D eigenvalue weighted by Gasteiger charge is -2.14. The monoisotopic (exact) mass is 299 g/mol. The first-order chi connectivity index (χ1) is 8.49. The van der Waals surface area contributed by atoms with Crippen LogP contribution in [0.3, 0.4) is 0 Å². The van der Waals surface area contributed by atoms with Crippen molar-refractivity contribution in [1.82, 2.24) is 9.97 Å². The van der Waals surface area contributed by atoms with E-state index in [2.05, 4.69) is 9.97 Å². The number of nitrogens with two attached hydrogens (primary N) is 3. The third kappa shape index (κ3) is 3.26. The molecule has 7 heteroatoms. The molecule has 1 unspecified atom stereocenters. The number of anilines is 2. The van der Waals surface area contributed by atoms with E-state index < -0.39 is 0 Å². The van der Waals surface area contributed by atoms with Crippen molar-refractivity contribution in [3.8, 4) is 11.1 Å². The van der Waals surface area contributed by atoms with Crippen LogP contribution in [0.4, 0.5) is 11.8 Å². The molecule has 0 spiro atoms. The minimum atomic E-state index is -0.289. The highest BCUT2D eigenvalue weighted by Gasteiger charge is 2.16. The van der Waals surface area contributed by atoms with E-state index in [4.69, 9.17) is 28.8 Å². The molecule has 0 amide bonds. The van der Waals surface area contributed by atoms with Gasteiger partial charge in [0.25, 0.3) is 0 Å². The van der Waals surface area contributed by atoms with Gasteiger partial charge in [0.2, 0.25) is 5.95 Å². The Hall–Kier alpha value is -1.56. The van der Waals surface area contributed by atoms with Crippen molar-refractivity contribution in [1.29, 1.82) is 0 Å². The first-order valence-electron chi connectivity index (χ1n) is 5.43. The van der Waals surface area contributed by atoms with Crippen LogP contribution in [-0.4, -0.2) is 9.97 Å². The molecule has 19 heavy (non-hydrogen) atoms. The second kappa shape index (κ2) is 6.06. The van der Waals surface area contributed by atoms with Gasteiger partial charge in [0, 0.05) is 16.6 Å². The normalized spacial score (nSPS) is 11.7. The lowest BCUT2D eigenvalue weighted by molar-refractivity contribution is 0.781. The minimum absolute atomic E-state index is 0. The molecule has 1 atom stereocenters. The number of nitrogens with zero attached hydrogens (tertiary/aromatic N) is 2. The van der Waals surface area contributed by atoms with Crippen molar-refractivity contribution in [3.05, 3.63) is 35.0 Å². The molecule has 0 aliphatic heterocycles. The van der Waals surface area contributed by atoms with Gasteiger partial charge in [-0.15, -0.1) is 12.4 Å². The van der Waals surface area contributed by atoms with E-state index in [0.29, 0.717) is 22.1 Å². The predicted molar refractivity (Wildman–Crippen MR) is 81.2 cm³/mol. The Morgan fingerprint density at radius 2 is 1.68 bits per heavy atom. The summed E-state index contributed by atoms with van der Waals surface area (Å²) in [5.41, 5.74) is 19.6. The van der Waals surface area contributed by atoms with Crippen molar-refractivity contribution in [2.75, 3.05) is 11.5 Å². The van der Waals surface area contributed by atoms with Crippen LogP contribution in [0.2, 0.25) is 5.02 Å². The molecule has 2 aromatic rings. The molecule has 102 valence electrons. The summed E-state index contributed by atoms with van der Waals surface area (Å²) in [5, 5.41) is 0.649. The molecule has 0 aliphatic carbocycles. The highest BCUT2D eigenvalue weighted by molar-refractivity contribution is 6.30. The number of nitrogen functional groups attached to an aromatic ring is 2. The van der Waals surface area contributed by atoms with Gasteiger partial charge in [-0.25, -0.2) is 4.98 Å². The molecule has 1 aromatic heterocycles. The van der Waals surface area contributed by atoms with Crippen LogP contribution in [0.25, 0.3) is 11.1 Å². The average Bonchev–Trinajstić information content (AvgIpc) is 2.29. The van der Waals surface area contributed by atoms with Crippen LogP contribution in [0.5, 0.6) is 0 Å². The third-order valence-corrected chi connectivity index (χ3v) is 2.80. The molecule has 0 fully saturated rings. The highest BCUT2D eigenvalue weighted by Crippen LogP contribution is 2.31. The Morgan fingerprint density at radius 1 is 1.11 bits per heavy atom. The quantitative estimate of drug-likeness (QED) is 0.790. The van der Waals surface area contributed by atoms with Gasteiger partial charge in [-0.3, -0.25) is 0 Å². The number of rotatable bonds is 2. The fourth-order valence-corrected chi connectivity index (χ4v) is 1.88. The molecule has 0 saturated carbocycles. The van der Waals surface area contributed by atoms with Gasteiger partial charge in [0.05, 0.1) is 5.69 Å². The van der Waals surface area contributed by atoms with Crippen LogP contribution in [0.1, 0.15) is 18.7 Å². The fourth-order valence-electron chi connectivity index (χ4n) is 1.76. The Balaban J connectivity index is 0.00000180. The molecule has 0 bridgehead atoms. The summed E-state index contributed by atoms with van der Waals surface area (Å²) in [7, 11) is 0. The standard InChI is InChI=1S/C12H14ClN5.ClH/c1-6(14)10-9(11(15)18-12(16)17-10)7-2-4-8(13)5-3-7;/h2-6H,14H2,1H3,(H4,15,16,17,18);1H. The van der Waals surface area contributed by atoms with Crippen molar-refractivity contribution in [3.63, 3.8) is 0 Å². The lowest BCUT2D eigenvalue weighted by Crippen LogP contribution is -2.14. The second-order valence-corrected chi connectivity index (χ2v) is 4.46. The molecular formula is C12H15Cl2N5. The summed E-state index contributed by atoms with van der Waals surface area (Å²) in [4.78, 5) is 8.13. The Labute approximate surface area is 122 Å². The van der Waals surface area contributed by atoms with Gasteiger partial charge < -0.3 is 17.2 Å². The number of aromatic nitrogens is 2. The molecule has 0 radical (unpaired) electrons. The van der Waals surface area contributed by atoms with Crippen molar-refractivity contribution in [2.45, 2.75) is 13.0 Å². The van der Waals surface area contributed by atoms with Crippen molar-refractivity contribution >= 4 is 35.8 Å². The van der Waals surface area contributed by atoms with E-state index in [-0.39, 0.29) is 24.4 Å². The third-order valence-electron chi connectivity index (χ3n) is 2.55. The van der Waals surface area contributed by atoms with Crippen LogP contribution in [-0.2, 0) is 0 Å². The molecule has 5 nitrogen and oxygen atoms in total. The summed E-state index contributed by atoms with van der Waals surface area (Å²) in [5.74, 6) is 0.439. The maximum Gasteiger partial charge on any atom is 0.222 e. The van der Waals surface area contributed by atoms with E-state index in [1.165, 1.54) is 0 Å². The van der Waals surface area contributed by atoms with E-state index >= 15 is 0 Å². The van der Waals surface area contributed by atoms with E-state index in [1.54, 1.807) is 12.1 Å². The number of hydrogen-bond acceptors (Lipinski definition) is 5. The van der Waals surface area contributed by atoms with Gasteiger partial charge in [-0.2, -0.15) is 4.98 Å². The van der Waals surface area contributed by atoms with E-state index in [1.807, 2.05) is 19.1 Å². The summed E-state index contributed by atoms with van der Waals surface area (Å²) in [6, 6.07) is 6.96. The predicted octanol–water partition coefficient (Wildman–Crippen LogP) is 2.40. The Morgan fingerprint density at radius 3 is 2.21 bits per heavy atom. The fraction of sp³-hybridized carbons (Fsp3) is 0.167. The molecule has 2 rings (SSSR count). The van der Waals surface area contributed by atoms with Crippen molar-refractivity contribution in [2.24, 2.45) is 5.73 Å². The summed E-state index contributed by atoms with van der Waals surface area (Å²) in [6.45, 7) is 1.82. The maximum atomic E-state index is 5.91. The van der Waals surface area contributed by atoms with Crippen LogP contribution in [0.15, 0.2) is 24.3 Å². The second-order valence-electron chi connectivity index (χ2n) is 4.02. The Kier molecular flexibility index (Phi) is 4.94. The number of benzene rings is 1. The van der Waals surface area contributed by atoms with Gasteiger partial charge in [0.15, 0.2) is 0 Å². The Bertz CT molecular complexity index is 569. The smallest absolute Gasteiger partial charge is 0.222 e. The maximum absolute atomic E-state index is 5.91. The molecule has 6 N–H and O–H groups in total. The molecule has 0 aliphatic rings. The van der Waals surface area contributed by atoms with Gasteiger partial charge in [0.1, 0.15) is 5.82 Å². The zero-order chi connectivity index (χ0) is 13.3. The SMILES string of the molecule is CC(N)c1nc(N)nc(N)c1-c1ccc(Cl)cc1.Cl. The first kappa shape index (κ1) is 15.5. The zero-order valence-corrected chi connectivity index (χ0v) is 11.9. The van der Waals surface area contributed by atoms with E-state index in [9.17, 15) is 0 Å². The van der Waals surface area contributed by atoms with Crippen LogP contribution in [0, 0.1) is 0 Å². The summed E-state index contributed by atoms with van der Waals surface area (Å²) < 4.78 is 0. The largest absolute Gasteiger partial charge is 0.383 e. The molecular weight excluding hydrogens is 285 g/mol. The number of hydrogen-bond donors (Lipinski definition) is 3. The minimum Gasteiger partial charge on any atom is -0.383 e. The first-order valence-corrected chi connectivity index (χ1v) is 5.81. The van der Waals surface area contributed by atoms with Crippen LogP contribution < -0.4 is 17.2 Å². The van der Waals surface area contributed by atoms with E-state index in [0.717, 1.165) is 5.56 Å². The van der Waals surface area contributed by atoms with Gasteiger partial charge in [-0.05, 0) is 24.6 Å². The number of halogens is 2. The van der Waals surface area contributed by atoms with Gasteiger partial charge in [-0.1, -0.05) is 23.7 Å². The van der Waals surface area contributed by atoms with Crippen molar-refractivity contribution < 1.29 is 0 Å². The average molecular weight is 300 g/mol. The molecule has 1 aromatic carbocycles. The topological polar surface area (TPSA) is 104 Å². The highest BCUT2D eigenvalue weighted by atomic mass is 35.5. The van der Waals surface area contributed by atoms with Crippen LogP contribution >= 0.6 is 24.0 Å².